The van der Waals surface area contributed by atoms with Gasteiger partial charge in [0.05, 0.1) is 0 Å². The number of carbonyl (C=O) groups excluding carboxylic acids is 2. The third-order valence-electron chi connectivity index (χ3n) is 2.99. The van der Waals surface area contributed by atoms with Crippen LogP contribution in [0.1, 0.15) is 19.4 Å². The van der Waals surface area contributed by atoms with Gasteiger partial charge in [0.1, 0.15) is 18.4 Å². The number of nitrogens with one attached hydrogen (secondary N) is 1. The van der Waals surface area contributed by atoms with Crippen molar-refractivity contribution in [2.45, 2.75) is 32.1 Å². The highest BCUT2D eigenvalue weighted by molar-refractivity contribution is 5.83. The van der Waals surface area contributed by atoms with Crippen LogP contribution in [0.15, 0.2) is 36.9 Å². The number of ether oxygens (including phenoxy) is 3. The van der Waals surface area contributed by atoms with Gasteiger partial charge in [0.25, 0.3) is 5.79 Å². The van der Waals surface area contributed by atoms with E-state index in [1.54, 1.807) is 18.2 Å². The summed E-state index contributed by atoms with van der Waals surface area (Å²) in [6.07, 6.45) is 1.30. The van der Waals surface area contributed by atoms with Crippen LogP contribution in [0.25, 0.3) is 0 Å². The second-order valence-corrected chi connectivity index (χ2v) is 5.36. The van der Waals surface area contributed by atoms with Crippen molar-refractivity contribution in [3.8, 4) is 5.75 Å². The van der Waals surface area contributed by atoms with Crippen molar-refractivity contribution in [3.05, 3.63) is 42.5 Å². The Labute approximate surface area is 129 Å². The maximum Gasteiger partial charge on any atom is 0.411 e. The topological polar surface area (TPSA) is 73.9 Å². The lowest BCUT2D eigenvalue weighted by Gasteiger charge is -2.21. The molecule has 6 nitrogen and oxygen atoms in total. The SMILES string of the molecule is C=CCOc1ccc(CC2NC(=O)OC(C)(C)OC2=O)cc1. The van der Waals surface area contributed by atoms with E-state index in [0.29, 0.717) is 18.8 Å². The molecule has 1 aromatic carbocycles. The third kappa shape index (κ3) is 4.25. The fraction of sp³-hybridized carbons (Fsp3) is 0.375. The molecule has 0 spiro atoms. The van der Waals surface area contributed by atoms with Crippen LogP contribution < -0.4 is 10.1 Å². The molecule has 0 aromatic heterocycles. The lowest BCUT2D eigenvalue weighted by molar-refractivity contribution is -0.189. The quantitative estimate of drug-likeness (QED) is 0.666. The monoisotopic (exact) mass is 305 g/mol. The van der Waals surface area contributed by atoms with Gasteiger partial charge < -0.3 is 19.5 Å². The molecule has 0 saturated carbocycles. The molecule has 0 aliphatic carbocycles. The predicted molar refractivity (Wildman–Crippen MR) is 79.4 cm³/mol. The Bertz CT molecular complexity index is 564. The highest BCUT2D eigenvalue weighted by Crippen LogP contribution is 2.19. The molecular formula is C16H19NO5. The van der Waals surface area contributed by atoms with Crippen LogP contribution in [-0.4, -0.2) is 30.5 Å². The molecule has 0 bridgehead atoms. The minimum Gasteiger partial charge on any atom is -0.490 e. The van der Waals surface area contributed by atoms with Gasteiger partial charge in [-0.15, -0.1) is 0 Å². The summed E-state index contributed by atoms with van der Waals surface area (Å²) in [7, 11) is 0. The average molecular weight is 305 g/mol. The Morgan fingerprint density at radius 1 is 1.27 bits per heavy atom. The number of amides is 1. The zero-order valence-electron chi connectivity index (χ0n) is 12.6. The first-order valence-corrected chi connectivity index (χ1v) is 6.94. The molecule has 1 aliphatic heterocycles. The summed E-state index contributed by atoms with van der Waals surface area (Å²) in [5.41, 5.74) is 0.868. The first kappa shape index (κ1) is 15.9. The van der Waals surface area contributed by atoms with Crippen molar-refractivity contribution in [3.63, 3.8) is 0 Å². The third-order valence-corrected chi connectivity index (χ3v) is 2.99. The van der Waals surface area contributed by atoms with Crippen LogP contribution in [0.3, 0.4) is 0 Å². The van der Waals surface area contributed by atoms with Crippen LogP contribution in [0, 0.1) is 0 Å². The van der Waals surface area contributed by atoms with E-state index in [4.69, 9.17) is 14.2 Å². The van der Waals surface area contributed by atoms with Gasteiger partial charge in [0, 0.05) is 20.3 Å². The number of cyclic esters (lactones) is 2. The van der Waals surface area contributed by atoms with Gasteiger partial charge in [-0.05, 0) is 17.7 Å². The van der Waals surface area contributed by atoms with Gasteiger partial charge in [0.2, 0.25) is 0 Å². The van der Waals surface area contributed by atoms with Crippen LogP contribution >= 0.6 is 0 Å². The van der Waals surface area contributed by atoms with E-state index in [0.717, 1.165) is 5.56 Å². The summed E-state index contributed by atoms with van der Waals surface area (Å²) in [6, 6.07) is 6.46. The molecule has 0 radical (unpaired) electrons. The van der Waals surface area contributed by atoms with Gasteiger partial charge in [-0.25, -0.2) is 9.59 Å². The number of hydrogen-bond donors (Lipinski definition) is 1. The first-order chi connectivity index (χ1) is 10.4. The van der Waals surface area contributed by atoms with Crippen LogP contribution in [0.4, 0.5) is 4.79 Å². The lowest BCUT2D eigenvalue weighted by atomic mass is 10.1. The highest BCUT2D eigenvalue weighted by atomic mass is 16.7. The predicted octanol–water partition coefficient (Wildman–Crippen LogP) is 2.18. The Balaban J connectivity index is 2.04. The molecule has 1 amide bonds. The molecule has 6 heteroatoms. The summed E-state index contributed by atoms with van der Waals surface area (Å²) < 4.78 is 15.5. The number of carbonyl (C=O) groups is 2. The molecule has 1 N–H and O–H groups in total. The summed E-state index contributed by atoms with van der Waals surface area (Å²) in [4.78, 5) is 23.7. The van der Waals surface area contributed by atoms with Gasteiger partial charge in [-0.2, -0.15) is 0 Å². The molecule has 1 unspecified atom stereocenters. The van der Waals surface area contributed by atoms with Crippen molar-refractivity contribution >= 4 is 12.1 Å². The Morgan fingerprint density at radius 2 is 1.95 bits per heavy atom. The Kier molecular flexibility index (Phi) is 4.70. The lowest BCUT2D eigenvalue weighted by Crippen LogP contribution is -2.40. The Hall–Kier alpha value is -2.50. The maximum absolute atomic E-state index is 12.0. The molecule has 118 valence electrons. The van der Waals surface area contributed by atoms with Crippen LogP contribution in [0.5, 0.6) is 5.75 Å². The molecular weight excluding hydrogens is 286 g/mol. The fourth-order valence-electron chi connectivity index (χ4n) is 2.04. The van der Waals surface area contributed by atoms with Crippen molar-refractivity contribution in [1.29, 1.82) is 0 Å². The first-order valence-electron chi connectivity index (χ1n) is 6.94. The van der Waals surface area contributed by atoms with Crippen LogP contribution in [-0.2, 0) is 20.7 Å². The molecule has 1 fully saturated rings. The van der Waals surface area contributed by atoms with E-state index in [2.05, 4.69) is 11.9 Å². The number of rotatable bonds is 5. The van der Waals surface area contributed by atoms with Gasteiger partial charge in [-0.3, -0.25) is 0 Å². The second-order valence-electron chi connectivity index (χ2n) is 5.36. The number of esters is 1. The summed E-state index contributed by atoms with van der Waals surface area (Å²) >= 11 is 0. The van der Waals surface area contributed by atoms with Gasteiger partial charge in [0.15, 0.2) is 0 Å². The maximum atomic E-state index is 12.0. The van der Waals surface area contributed by atoms with Gasteiger partial charge >= 0.3 is 12.1 Å². The van der Waals surface area contributed by atoms with E-state index in [1.165, 1.54) is 13.8 Å². The van der Waals surface area contributed by atoms with Crippen molar-refractivity contribution in [2.24, 2.45) is 0 Å². The van der Waals surface area contributed by atoms with E-state index in [-0.39, 0.29) is 0 Å². The van der Waals surface area contributed by atoms with Crippen LogP contribution in [0.2, 0.25) is 0 Å². The largest absolute Gasteiger partial charge is 0.490 e. The highest BCUT2D eigenvalue weighted by Gasteiger charge is 2.36. The van der Waals surface area contributed by atoms with E-state index < -0.39 is 23.9 Å². The molecule has 1 saturated heterocycles. The zero-order valence-corrected chi connectivity index (χ0v) is 12.6. The number of alkyl carbamates (subject to hydrolysis) is 1. The molecule has 1 atom stereocenters. The van der Waals surface area contributed by atoms with Crippen molar-refractivity contribution in [1.82, 2.24) is 5.32 Å². The number of hydrogen-bond acceptors (Lipinski definition) is 5. The van der Waals surface area contributed by atoms with Crippen molar-refractivity contribution in [2.75, 3.05) is 6.61 Å². The molecule has 1 aromatic rings. The van der Waals surface area contributed by atoms with E-state index in [9.17, 15) is 9.59 Å². The molecule has 22 heavy (non-hydrogen) atoms. The minimum atomic E-state index is -1.27. The standard InChI is InChI=1S/C16H19NO5/c1-4-9-20-12-7-5-11(6-8-12)10-13-14(18)21-16(2,3)22-15(19)17-13/h4-8,13H,1,9-10H2,2-3H3,(H,17,19). The molecule has 2 rings (SSSR count). The second kappa shape index (κ2) is 6.51. The Morgan fingerprint density at radius 3 is 2.59 bits per heavy atom. The normalized spacial score (nSPS) is 20.2. The number of benzene rings is 1. The summed E-state index contributed by atoms with van der Waals surface area (Å²) in [6.45, 7) is 7.03. The van der Waals surface area contributed by atoms with Crippen molar-refractivity contribution < 1.29 is 23.8 Å². The minimum absolute atomic E-state index is 0.311. The van der Waals surface area contributed by atoms with E-state index >= 15 is 0 Å². The van der Waals surface area contributed by atoms with E-state index in [1.807, 2.05) is 12.1 Å². The summed E-state index contributed by atoms with van der Waals surface area (Å²) in [5, 5.41) is 2.50. The smallest absolute Gasteiger partial charge is 0.411 e. The molecule has 1 aliphatic rings. The fourth-order valence-corrected chi connectivity index (χ4v) is 2.04. The van der Waals surface area contributed by atoms with Gasteiger partial charge in [-0.1, -0.05) is 24.8 Å². The summed E-state index contributed by atoms with van der Waals surface area (Å²) in [5.74, 6) is -1.08. The zero-order chi connectivity index (χ0) is 16.2. The molecule has 1 heterocycles. The average Bonchev–Trinajstić information content (AvgIpc) is 2.53.